The first kappa shape index (κ1) is 17.2. The molecule has 0 atom stereocenters. The standard InChI is InChI=1S/C13H10F3N3O5/c1-18-11(13(14,15)16)8(6-17-18)12(20)24-9-4-3-7(19(21)22)5-10(9)23-2/h3-6H,1-2H3. The van der Waals surface area contributed by atoms with Crippen LogP contribution in [0.5, 0.6) is 11.5 Å². The molecule has 0 bridgehead atoms. The first-order valence-electron chi connectivity index (χ1n) is 6.29. The number of hydrogen-bond acceptors (Lipinski definition) is 6. The Hall–Kier alpha value is -3.11. The monoisotopic (exact) mass is 345 g/mol. The second-order valence-electron chi connectivity index (χ2n) is 4.51. The minimum absolute atomic E-state index is 0.171. The van der Waals surface area contributed by atoms with Gasteiger partial charge in [-0.2, -0.15) is 18.3 Å². The highest BCUT2D eigenvalue weighted by atomic mass is 19.4. The summed E-state index contributed by atoms with van der Waals surface area (Å²) in [6, 6.07) is 3.06. The molecule has 0 unspecified atom stereocenters. The summed E-state index contributed by atoms with van der Waals surface area (Å²) in [5.74, 6) is -1.75. The lowest BCUT2D eigenvalue weighted by Crippen LogP contribution is -2.19. The zero-order chi connectivity index (χ0) is 18.1. The third-order valence-electron chi connectivity index (χ3n) is 2.99. The van der Waals surface area contributed by atoms with E-state index in [1.54, 1.807) is 0 Å². The number of nitro benzene ring substituents is 1. The third kappa shape index (κ3) is 3.29. The number of nitrogens with zero attached hydrogens (tertiary/aromatic N) is 3. The highest BCUT2D eigenvalue weighted by molar-refractivity contribution is 5.92. The van der Waals surface area contributed by atoms with E-state index in [1.807, 2.05) is 0 Å². The summed E-state index contributed by atoms with van der Waals surface area (Å²) in [5, 5.41) is 14.1. The molecule has 1 aromatic heterocycles. The van der Waals surface area contributed by atoms with Crippen LogP contribution in [0.1, 0.15) is 16.1 Å². The molecule has 0 saturated heterocycles. The Balaban J connectivity index is 2.36. The number of carbonyl (C=O) groups is 1. The molecule has 0 N–H and O–H groups in total. The van der Waals surface area contributed by atoms with Gasteiger partial charge in [0.1, 0.15) is 5.56 Å². The van der Waals surface area contributed by atoms with Gasteiger partial charge >= 0.3 is 12.1 Å². The SMILES string of the molecule is COc1cc([N+](=O)[O-])ccc1OC(=O)c1cnn(C)c1C(F)(F)F. The zero-order valence-electron chi connectivity index (χ0n) is 12.3. The normalized spacial score (nSPS) is 11.2. The number of non-ortho nitro benzene ring substituents is 1. The van der Waals surface area contributed by atoms with E-state index in [2.05, 4.69) is 5.10 Å². The molecule has 1 aromatic carbocycles. The van der Waals surface area contributed by atoms with Crippen molar-refractivity contribution >= 4 is 11.7 Å². The van der Waals surface area contributed by atoms with Crippen molar-refractivity contribution in [2.75, 3.05) is 7.11 Å². The van der Waals surface area contributed by atoms with Crippen molar-refractivity contribution in [3.63, 3.8) is 0 Å². The van der Waals surface area contributed by atoms with Crippen LogP contribution in [-0.4, -0.2) is 27.8 Å². The first-order chi connectivity index (χ1) is 11.1. The summed E-state index contributed by atoms with van der Waals surface area (Å²) in [6.45, 7) is 0. The Kier molecular flexibility index (Phi) is 4.44. The summed E-state index contributed by atoms with van der Waals surface area (Å²) >= 11 is 0. The number of carbonyl (C=O) groups excluding carboxylic acids is 1. The number of benzene rings is 1. The maximum atomic E-state index is 13.0. The molecule has 0 amide bonds. The minimum atomic E-state index is -4.81. The van der Waals surface area contributed by atoms with E-state index in [-0.39, 0.29) is 17.2 Å². The van der Waals surface area contributed by atoms with Gasteiger partial charge in [0, 0.05) is 13.1 Å². The number of ether oxygens (including phenoxy) is 2. The van der Waals surface area contributed by atoms with E-state index in [9.17, 15) is 28.1 Å². The fourth-order valence-electron chi connectivity index (χ4n) is 1.93. The van der Waals surface area contributed by atoms with Crippen LogP contribution in [0.25, 0.3) is 0 Å². The lowest BCUT2D eigenvalue weighted by Gasteiger charge is -2.11. The van der Waals surface area contributed by atoms with Gasteiger partial charge in [-0.1, -0.05) is 0 Å². The average molecular weight is 345 g/mol. The van der Waals surface area contributed by atoms with Gasteiger partial charge in [-0.05, 0) is 6.07 Å². The molecule has 0 aliphatic rings. The van der Waals surface area contributed by atoms with E-state index in [0.717, 1.165) is 31.4 Å². The number of esters is 1. The Labute approximate surface area is 132 Å². The van der Waals surface area contributed by atoms with Crippen LogP contribution in [0, 0.1) is 10.1 Å². The number of alkyl halides is 3. The fraction of sp³-hybridized carbons (Fsp3) is 0.231. The average Bonchev–Trinajstić information content (AvgIpc) is 2.89. The topological polar surface area (TPSA) is 96.5 Å². The molecule has 0 fully saturated rings. The predicted molar refractivity (Wildman–Crippen MR) is 72.8 cm³/mol. The van der Waals surface area contributed by atoms with Crippen LogP contribution < -0.4 is 9.47 Å². The van der Waals surface area contributed by atoms with Crippen LogP contribution >= 0.6 is 0 Å². The van der Waals surface area contributed by atoms with Gasteiger partial charge in [0.05, 0.1) is 24.3 Å². The van der Waals surface area contributed by atoms with Gasteiger partial charge < -0.3 is 9.47 Å². The largest absolute Gasteiger partial charge is 0.493 e. The van der Waals surface area contributed by atoms with Crippen LogP contribution in [-0.2, 0) is 13.2 Å². The number of nitro groups is 1. The Morgan fingerprint density at radius 1 is 1.33 bits per heavy atom. The highest BCUT2D eigenvalue weighted by Gasteiger charge is 2.40. The van der Waals surface area contributed by atoms with Gasteiger partial charge in [0.15, 0.2) is 17.2 Å². The molecular weight excluding hydrogens is 335 g/mol. The Morgan fingerprint density at radius 2 is 2.00 bits per heavy atom. The molecule has 24 heavy (non-hydrogen) atoms. The van der Waals surface area contributed by atoms with Crippen LogP contribution in [0.4, 0.5) is 18.9 Å². The van der Waals surface area contributed by atoms with Crippen molar-refractivity contribution in [1.29, 1.82) is 0 Å². The Morgan fingerprint density at radius 3 is 2.54 bits per heavy atom. The van der Waals surface area contributed by atoms with Gasteiger partial charge in [-0.25, -0.2) is 4.79 Å². The maximum absolute atomic E-state index is 13.0. The summed E-state index contributed by atoms with van der Waals surface area (Å²) in [6.07, 6.45) is -4.08. The molecule has 11 heteroatoms. The summed E-state index contributed by atoms with van der Waals surface area (Å²) in [4.78, 5) is 22.0. The van der Waals surface area contributed by atoms with E-state index in [4.69, 9.17) is 9.47 Å². The summed E-state index contributed by atoms with van der Waals surface area (Å²) in [7, 11) is 2.20. The summed E-state index contributed by atoms with van der Waals surface area (Å²) in [5.41, 5.74) is -2.39. The van der Waals surface area contributed by atoms with Crippen LogP contribution in [0.3, 0.4) is 0 Å². The molecule has 0 spiro atoms. The fourth-order valence-corrected chi connectivity index (χ4v) is 1.93. The molecule has 0 saturated carbocycles. The van der Waals surface area contributed by atoms with E-state index in [1.165, 1.54) is 7.11 Å². The number of hydrogen-bond donors (Lipinski definition) is 0. The van der Waals surface area contributed by atoms with Crippen molar-refractivity contribution in [3.8, 4) is 11.5 Å². The predicted octanol–water partition coefficient (Wildman–Crippen LogP) is 2.57. The number of rotatable bonds is 4. The second-order valence-corrected chi connectivity index (χ2v) is 4.51. The minimum Gasteiger partial charge on any atom is -0.493 e. The molecule has 0 aliphatic carbocycles. The highest BCUT2D eigenvalue weighted by Crippen LogP contribution is 2.34. The smallest absolute Gasteiger partial charge is 0.433 e. The van der Waals surface area contributed by atoms with Gasteiger partial charge in [-0.15, -0.1) is 0 Å². The summed E-state index contributed by atoms with van der Waals surface area (Å²) < 4.78 is 49.1. The lowest BCUT2D eigenvalue weighted by molar-refractivity contribution is -0.384. The third-order valence-corrected chi connectivity index (χ3v) is 2.99. The van der Waals surface area contributed by atoms with E-state index < -0.39 is 28.3 Å². The molecule has 8 nitrogen and oxygen atoms in total. The number of methoxy groups -OCH3 is 1. The second kappa shape index (κ2) is 6.18. The number of aromatic nitrogens is 2. The lowest BCUT2D eigenvalue weighted by atomic mass is 10.2. The van der Waals surface area contributed by atoms with Gasteiger partial charge in [0.25, 0.3) is 5.69 Å². The molecule has 0 radical (unpaired) electrons. The zero-order valence-corrected chi connectivity index (χ0v) is 12.3. The van der Waals surface area contributed by atoms with Crippen molar-refractivity contribution in [2.24, 2.45) is 7.05 Å². The van der Waals surface area contributed by atoms with Gasteiger partial charge in [0.2, 0.25) is 0 Å². The molecule has 0 aliphatic heterocycles. The number of halogens is 3. The van der Waals surface area contributed by atoms with Crippen molar-refractivity contribution in [2.45, 2.75) is 6.18 Å². The van der Waals surface area contributed by atoms with Crippen LogP contribution in [0.2, 0.25) is 0 Å². The van der Waals surface area contributed by atoms with Crippen LogP contribution in [0.15, 0.2) is 24.4 Å². The van der Waals surface area contributed by atoms with Crippen molar-refractivity contribution in [3.05, 3.63) is 45.8 Å². The number of aryl methyl sites for hydroxylation is 1. The Bertz CT molecular complexity index is 801. The molecule has 2 aromatic rings. The van der Waals surface area contributed by atoms with Gasteiger partial charge in [-0.3, -0.25) is 14.8 Å². The molecular formula is C13H10F3N3O5. The van der Waals surface area contributed by atoms with E-state index in [0.29, 0.717) is 4.68 Å². The molecule has 2 rings (SSSR count). The van der Waals surface area contributed by atoms with E-state index >= 15 is 0 Å². The molecule has 128 valence electrons. The molecule has 1 heterocycles. The maximum Gasteiger partial charge on any atom is 0.433 e. The van der Waals surface area contributed by atoms with Crippen molar-refractivity contribution in [1.82, 2.24) is 9.78 Å². The quantitative estimate of drug-likeness (QED) is 0.366. The first-order valence-corrected chi connectivity index (χ1v) is 6.29. The van der Waals surface area contributed by atoms with Crippen molar-refractivity contribution < 1.29 is 32.4 Å².